The van der Waals surface area contributed by atoms with Crippen LogP contribution in [-0.2, 0) is 0 Å². The van der Waals surface area contributed by atoms with E-state index in [4.69, 9.17) is 0 Å². The van der Waals surface area contributed by atoms with E-state index < -0.39 is 4.92 Å². The monoisotopic (exact) mass is 276 g/mol. The van der Waals surface area contributed by atoms with Gasteiger partial charge in [0.2, 0.25) is 0 Å². The zero-order valence-electron chi connectivity index (χ0n) is 11.9. The van der Waals surface area contributed by atoms with Crippen molar-refractivity contribution >= 4 is 11.5 Å². The first-order valence-corrected chi connectivity index (χ1v) is 7.00. The Morgan fingerprint density at radius 3 is 2.60 bits per heavy atom. The lowest BCUT2D eigenvalue weighted by molar-refractivity contribution is -0.384. The van der Waals surface area contributed by atoms with E-state index in [2.05, 4.69) is 18.7 Å². The molecule has 108 valence electrons. The summed E-state index contributed by atoms with van der Waals surface area (Å²) in [7, 11) is 0. The van der Waals surface area contributed by atoms with Crippen LogP contribution >= 0.6 is 0 Å². The number of carbonyl (C=O) groups is 1. The molecule has 0 saturated carbocycles. The van der Waals surface area contributed by atoms with Gasteiger partial charge >= 0.3 is 0 Å². The smallest absolute Gasteiger partial charge is 0.269 e. The van der Waals surface area contributed by atoms with Crippen molar-refractivity contribution in [2.24, 2.45) is 5.92 Å². The van der Waals surface area contributed by atoms with Crippen molar-refractivity contribution in [3.63, 3.8) is 0 Å². The summed E-state index contributed by atoms with van der Waals surface area (Å²) in [6.45, 7) is 5.72. The molecular weight excluding hydrogens is 256 g/mol. The number of rotatable bonds is 4. The number of hydrogen-bond acceptors (Lipinski definition) is 4. The van der Waals surface area contributed by atoms with Gasteiger partial charge in [-0.25, -0.2) is 0 Å². The highest BCUT2D eigenvalue weighted by molar-refractivity contribution is 5.97. The first-order chi connectivity index (χ1) is 9.49. The van der Waals surface area contributed by atoms with Crippen LogP contribution < -0.4 is 0 Å². The molecule has 2 unspecified atom stereocenters. The Balaban J connectivity index is 2.02. The van der Waals surface area contributed by atoms with E-state index in [0.717, 1.165) is 13.0 Å². The van der Waals surface area contributed by atoms with Crippen molar-refractivity contribution in [3.8, 4) is 0 Å². The van der Waals surface area contributed by atoms with Gasteiger partial charge in [-0.2, -0.15) is 0 Å². The van der Waals surface area contributed by atoms with Crippen LogP contribution in [0.25, 0.3) is 0 Å². The summed E-state index contributed by atoms with van der Waals surface area (Å²) in [6.07, 6.45) is 2.34. The van der Waals surface area contributed by atoms with Crippen molar-refractivity contribution in [2.75, 3.05) is 13.1 Å². The van der Waals surface area contributed by atoms with Gasteiger partial charge in [0.25, 0.3) is 5.69 Å². The Morgan fingerprint density at radius 1 is 1.35 bits per heavy atom. The standard InChI is InChI=1S/C15H20N2O3/c1-11-4-3-9-16(12(11)2)10-15(18)13-5-7-14(8-6-13)17(19)20/h5-8,11-12H,3-4,9-10H2,1-2H3. The summed E-state index contributed by atoms with van der Waals surface area (Å²) in [5.41, 5.74) is 0.558. The van der Waals surface area contributed by atoms with Crippen LogP contribution in [0, 0.1) is 16.0 Å². The van der Waals surface area contributed by atoms with E-state index in [9.17, 15) is 14.9 Å². The number of nitro benzene ring substituents is 1. The first-order valence-electron chi connectivity index (χ1n) is 7.00. The number of Topliss-reactive ketones (excluding diaryl/α,β-unsaturated/α-hetero) is 1. The second-order valence-electron chi connectivity index (χ2n) is 5.56. The highest BCUT2D eigenvalue weighted by Crippen LogP contribution is 2.23. The molecule has 0 bridgehead atoms. The van der Waals surface area contributed by atoms with Gasteiger partial charge in [0.05, 0.1) is 11.5 Å². The molecule has 0 spiro atoms. The normalized spacial score (nSPS) is 23.5. The average molecular weight is 276 g/mol. The minimum Gasteiger partial charge on any atom is -0.293 e. The number of piperidine rings is 1. The Morgan fingerprint density at radius 2 is 2.00 bits per heavy atom. The number of likely N-dealkylation sites (tertiary alicyclic amines) is 1. The zero-order valence-corrected chi connectivity index (χ0v) is 11.9. The summed E-state index contributed by atoms with van der Waals surface area (Å²) in [5.74, 6) is 0.634. The van der Waals surface area contributed by atoms with Gasteiger partial charge in [0.15, 0.2) is 5.78 Å². The third-order valence-corrected chi connectivity index (χ3v) is 4.25. The van der Waals surface area contributed by atoms with Gasteiger partial charge in [0, 0.05) is 23.7 Å². The van der Waals surface area contributed by atoms with Gasteiger partial charge in [-0.3, -0.25) is 19.8 Å². The summed E-state index contributed by atoms with van der Waals surface area (Å²) in [6, 6.07) is 6.26. The largest absolute Gasteiger partial charge is 0.293 e. The molecule has 1 aromatic rings. The lowest BCUT2D eigenvalue weighted by Gasteiger charge is -2.37. The number of nitro groups is 1. The number of non-ortho nitro benzene ring substituents is 1. The molecule has 1 heterocycles. The second kappa shape index (κ2) is 6.13. The van der Waals surface area contributed by atoms with Gasteiger partial charge in [-0.15, -0.1) is 0 Å². The van der Waals surface area contributed by atoms with Gasteiger partial charge in [0.1, 0.15) is 0 Å². The maximum atomic E-state index is 12.2. The van der Waals surface area contributed by atoms with Gasteiger partial charge in [-0.1, -0.05) is 6.92 Å². The highest BCUT2D eigenvalue weighted by Gasteiger charge is 2.26. The fourth-order valence-electron chi connectivity index (χ4n) is 2.69. The van der Waals surface area contributed by atoms with Crippen molar-refractivity contribution in [1.29, 1.82) is 0 Å². The van der Waals surface area contributed by atoms with E-state index in [1.54, 1.807) is 12.1 Å². The number of carbonyl (C=O) groups excluding carboxylic acids is 1. The van der Waals surface area contributed by atoms with Crippen molar-refractivity contribution in [2.45, 2.75) is 32.7 Å². The molecule has 5 heteroatoms. The molecule has 0 amide bonds. The van der Waals surface area contributed by atoms with Crippen LogP contribution in [0.15, 0.2) is 24.3 Å². The molecule has 0 aromatic heterocycles. The van der Waals surface area contributed by atoms with Crippen molar-refractivity contribution in [3.05, 3.63) is 39.9 Å². The van der Waals surface area contributed by atoms with E-state index >= 15 is 0 Å². The molecule has 0 radical (unpaired) electrons. The number of benzene rings is 1. The first kappa shape index (κ1) is 14.7. The predicted molar refractivity (Wildman–Crippen MR) is 76.9 cm³/mol. The van der Waals surface area contributed by atoms with Gasteiger partial charge in [-0.05, 0) is 44.4 Å². The maximum absolute atomic E-state index is 12.2. The molecule has 1 aromatic carbocycles. The zero-order chi connectivity index (χ0) is 14.7. The van der Waals surface area contributed by atoms with Crippen LogP contribution in [0.3, 0.4) is 0 Å². The molecule has 20 heavy (non-hydrogen) atoms. The fraction of sp³-hybridized carbons (Fsp3) is 0.533. The van der Waals surface area contributed by atoms with Crippen LogP contribution in [0.1, 0.15) is 37.0 Å². The maximum Gasteiger partial charge on any atom is 0.269 e. The number of hydrogen-bond donors (Lipinski definition) is 0. The van der Waals surface area contributed by atoms with Crippen LogP contribution in [0.2, 0.25) is 0 Å². The second-order valence-corrected chi connectivity index (χ2v) is 5.56. The minimum absolute atomic E-state index is 0.0153. The fourth-order valence-corrected chi connectivity index (χ4v) is 2.69. The molecular formula is C15H20N2O3. The average Bonchev–Trinajstić information content (AvgIpc) is 2.44. The summed E-state index contributed by atoms with van der Waals surface area (Å²) < 4.78 is 0. The van der Waals surface area contributed by atoms with Crippen LogP contribution in [0.4, 0.5) is 5.69 Å². The Hall–Kier alpha value is -1.75. The molecule has 2 rings (SSSR count). The molecule has 2 atom stereocenters. The lowest BCUT2D eigenvalue weighted by Crippen LogP contribution is -2.44. The number of nitrogens with zero attached hydrogens (tertiary/aromatic N) is 2. The van der Waals surface area contributed by atoms with E-state index in [0.29, 0.717) is 24.1 Å². The molecule has 5 nitrogen and oxygen atoms in total. The molecule has 0 aliphatic carbocycles. The Labute approximate surface area is 118 Å². The SMILES string of the molecule is CC1CCCN(CC(=O)c2ccc([N+](=O)[O-])cc2)C1C. The van der Waals surface area contributed by atoms with Crippen molar-refractivity contribution in [1.82, 2.24) is 4.90 Å². The minimum atomic E-state index is -0.456. The van der Waals surface area contributed by atoms with Gasteiger partial charge < -0.3 is 0 Å². The van der Waals surface area contributed by atoms with Crippen LogP contribution in [0.5, 0.6) is 0 Å². The van der Waals surface area contributed by atoms with Crippen molar-refractivity contribution < 1.29 is 9.72 Å². The number of ketones is 1. The Kier molecular flexibility index (Phi) is 4.49. The van der Waals surface area contributed by atoms with Crippen LogP contribution in [-0.4, -0.2) is 34.7 Å². The van der Waals surface area contributed by atoms with E-state index in [-0.39, 0.29) is 11.5 Å². The summed E-state index contributed by atoms with van der Waals surface area (Å²) in [4.78, 5) is 24.6. The summed E-state index contributed by atoms with van der Waals surface area (Å²) in [5, 5.41) is 10.6. The third kappa shape index (κ3) is 3.22. The molecule has 0 N–H and O–H groups in total. The van der Waals surface area contributed by atoms with E-state index in [1.165, 1.54) is 18.6 Å². The Bertz CT molecular complexity index is 498. The lowest BCUT2D eigenvalue weighted by atomic mass is 9.91. The molecule has 1 aliphatic rings. The summed E-state index contributed by atoms with van der Waals surface area (Å²) >= 11 is 0. The third-order valence-electron chi connectivity index (χ3n) is 4.25. The molecule has 1 fully saturated rings. The molecule has 1 saturated heterocycles. The van der Waals surface area contributed by atoms with E-state index in [1.807, 2.05) is 0 Å². The molecule has 1 aliphatic heterocycles. The highest BCUT2D eigenvalue weighted by atomic mass is 16.6. The topological polar surface area (TPSA) is 63.5 Å². The quantitative estimate of drug-likeness (QED) is 0.482. The predicted octanol–water partition coefficient (Wildman–Crippen LogP) is 2.90.